The summed E-state index contributed by atoms with van der Waals surface area (Å²) in [5.74, 6) is 0.763. The van der Waals surface area contributed by atoms with Crippen molar-refractivity contribution in [3.63, 3.8) is 0 Å². The van der Waals surface area contributed by atoms with Gasteiger partial charge in [-0.25, -0.2) is 20.2 Å². The highest BCUT2D eigenvalue weighted by Gasteiger charge is 2.27. The molecule has 3 N–H and O–H groups in total. The number of hydrazine groups is 2. The normalized spacial score (nSPS) is 21.2. The summed E-state index contributed by atoms with van der Waals surface area (Å²) >= 11 is 6.32. The van der Waals surface area contributed by atoms with Gasteiger partial charge in [-0.05, 0) is 48.6 Å². The Labute approximate surface area is 178 Å². The first kappa shape index (κ1) is 19.4. The summed E-state index contributed by atoms with van der Waals surface area (Å²) in [5.41, 5.74) is 12.5. The molecule has 0 radical (unpaired) electrons. The van der Waals surface area contributed by atoms with Gasteiger partial charge in [0, 0.05) is 24.9 Å². The van der Waals surface area contributed by atoms with Gasteiger partial charge in [0.2, 0.25) is 0 Å². The Balaban J connectivity index is 1.55. The molecular weight excluding hydrogens is 407 g/mol. The number of pyridine rings is 1. The number of benzene rings is 1. The Bertz CT molecular complexity index is 1070. The SMILES string of the molecule is Cn1cnc(-c2cc(C3NNNC3Cl)ccn2)c1-c1ccc(F)cc1OCC1CC1. The third-order valence-electron chi connectivity index (χ3n) is 5.42. The first-order valence-corrected chi connectivity index (χ1v) is 10.3. The summed E-state index contributed by atoms with van der Waals surface area (Å²) in [6, 6.07) is 8.37. The lowest BCUT2D eigenvalue weighted by Gasteiger charge is -2.15. The van der Waals surface area contributed by atoms with Gasteiger partial charge in [-0.3, -0.25) is 4.98 Å². The third-order valence-corrected chi connectivity index (χ3v) is 5.78. The average molecular weight is 429 g/mol. The summed E-state index contributed by atoms with van der Waals surface area (Å²) in [6.45, 7) is 0.599. The highest BCUT2D eigenvalue weighted by atomic mass is 35.5. The van der Waals surface area contributed by atoms with Crippen molar-refractivity contribution in [2.45, 2.75) is 24.4 Å². The lowest BCUT2D eigenvalue weighted by atomic mass is 10.0. The van der Waals surface area contributed by atoms with Crippen LogP contribution < -0.4 is 21.1 Å². The topological polar surface area (TPSA) is 76.0 Å². The average Bonchev–Trinajstić information content (AvgIpc) is 3.36. The lowest BCUT2D eigenvalue weighted by molar-refractivity contribution is 0.299. The molecule has 2 aliphatic rings. The maximum absolute atomic E-state index is 14.0. The van der Waals surface area contributed by atoms with Crippen molar-refractivity contribution in [1.82, 2.24) is 30.9 Å². The molecule has 1 saturated heterocycles. The quantitative estimate of drug-likeness (QED) is 0.413. The molecule has 156 valence electrons. The van der Waals surface area contributed by atoms with Gasteiger partial charge in [-0.2, -0.15) is 5.53 Å². The van der Waals surface area contributed by atoms with E-state index in [1.165, 1.54) is 25.0 Å². The number of nitrogens with one attached hydrogen (secondary N) is 3. The Kier molecular flexibility index (Phi) is 5.16. The van der Waals surface area contributed by atoms with Crippen LogP contribution in [0.2, 0.25) is 0 Å². The molecule has 0 amide bonds. The monoisotopic (exact) mass is 428 g/mol. The van der Waals surface area contributed by atoms with Crippen molar-refractivity contribution < 1.29 is 9.13 Å². The van der Waals surface area contributed by atoms with Crippen LogP contribution in [0.25, 0.3) is 22.6 Å². The number of nitrogens with zero attached hydrogens (tertiary/aromatic N) is 3. The van der Waals surface area contributed by atoms with Gasteiger partial charge in [0.25, 0.3) is 0 Å². The van der Waals surface area contributed by atoms with Crippen molar-refractivity contribution in [2.75, 3.05) is 6.61 Å². The molecule has 1 aromatic carbocycles. The fraction of sp³-hybridized carbons (Fsp3) is 0.333. The Morgan fingerprint density at radius 2 is 2.07 bits per heavy atom. The number of hydrogen-bond acceptors (Lipinski definition) is 6. The molecule has 3 aromatic rings. The fourth-order valence-corrected chi connectivity index (χ4v) is 3.87. The molecule has 1 aliphatic heterocycles. The predicted octanol–water partition coefficient (Wildman–Crippen LogP) is 3.30. The minimum Gasteiger partial charge on any atom is -0.492 e. The zero-order valence-corrected chi connectivity index (χ0v) is 17.2. The van der Waals surface area contributed by atoms with E-state index in [4.69, 9.17) is 16.3 Å². The number of alkyl halides is 1. The summed E-state index contributed by atoms with van der Waals surface area (Å²) < 4.78 is 21.9. The van der Waals surface area contributed by atoms with Crippen LogP contribution >= 0.6 is 11.6 Å². The highest BCUT2D eigenvalue weighted by molar-refractivity contribution is 6.20. The van der Waals surface area contributed by atoms with Gasteiger partial charge >= 0.3 is 0 Å². The van der Waals surface area contributed by atoms with Crippen molar-refractivity contribution in [1.29, 1.82) is 0 Å². The first-order chi connectivity index (χ1) is 14.6. The van der Waals surface area contributed by atoms with Crippen LogP contribution in [0.1, 0.15) is 24.4 Å². The van der Waals surface area contributed by atoms with E-state index in [0.29, 0.717) is 29.7 Å². The zero-order chi connectivity index (χ0) is 20.7. The molecule has 0 spiro atoms. The molecule has 2 aromatic heterocycles. The molecule has 2 atom stereocenters. The number of halogens is 2. The molecule has 0 bridgehead atoms. The van der Waals surface area contributed by atoms with Crippen LogP contribution in [0.3, 0.4) is 0 Å². The number of ether oxygens (including phenoxy) is 1. The van der Waals surface area contributed by atoms with Crippen molar-refractivity contribution in [2.24, 2.45) is 13.0 Å². The van der Waals surface area contributed by atoms with Gasteiger partial charge in [-0.15, -0.1) is 11.6 Å². The molecule has 5 rings (SSSR count). The molecule has 1 saturated carbocycles. The summed E-state index contributed by atoms with van der Waals surface area (Å²) in [4.78, 5) is 9.12. The Morgan fingerprint density at radius 3 is 2.83 bits per heavy atom. The standard InChI is InChI=1S/C21H22ClFN6O/c1-29-11-25-19(16-8-13(6-7-24-16)18-21(22)27-28-26-18)20(29)15-5-4-14(23)9-17(15)30-10-12-2-3-12/h4-9,11-12,18,21,26-28H,2-3,10H2,1H3. The predicted molar refractivity (Wildman–Crippen MR) is 112 cm³/mol. The molecular formula is C21H22ClFN6O. The molecule has 9 heteroatoms. The van der Waals surface area contributed by atoms with E-state index in [0.717, 1.165) is 16.8 Å². The molecule has 2 fully saturated rings. The molecule has 3 heterocycles. The summed E-state index contributed by atoms with van der Waals surface area (Å²) in [6.07, 6.45) is 5.80. The van der Waals surface area contributed by atoms with E-state index in [1.54, 1.807) is 18.6 Å². The van der Waals surface area contributed by atoms with E-state index in [1.807, 2.05) is 23.7 Å². The first-order valence-electron chi connectivity index (χ1n) is 9.90. The number of hydrogen-bond donors (Lipinski definition) is 3. The van der Waals surface area contributed by atoms with E-state index < -0.39 is 0 Å². The van der Waals surface area contributed by atoms with Crippen molar-refractivity contribution >= 4 is 11.6 Å². The van der Waals surface area contributed by atoms with E-state index in [-0.39, 0.29) is 17.4 Å². The van der Waals surface area contributed by atoms with Crippen LogP contribution in [0.5, 0.6) is 5.75 Å². The molecule has 2 unspecified atom stereocenters. The van der Waals surface area contributed by atoms with E-state index in [9.17, 15) is 4.39 Å². The van der Waals surface area contributed by atoms with E-state index in [2.05, 4.69) is 26.4 Å². The van der Waals surface area contributed by atoms with Crippen LogP contribution in [0.15, 0.2) is 42.9 Å². The Hall–Kier alpha value is -2.52. The fourth-order valence-electron chi connectivity index (χ4n) is 3.61. The highest BCUT2D eigenvalue weighted by Crippen LogP contribution is 2.38. The maximum atomic E-state index is 14.0. The van der Waals surface area contributed by atoms with Crippen LogP contribution in [-0.2, 0) is 7.05 Å². The van der Waals surface area contributed by atoms with Crippen LogP contribution in [0.4, 0.5) is 4.39 Å². The minimum absolute atomic E-state index is 0.121. The van der Waals surface area contributed by atoms with E-state index >= 15 is 0 Å². The van der Waals surface area contributed by atoms with Gasteiger partial charge in [0.1, 0.15) is 22.8 Å². The molecule has 1 aliphatic carbocycles. The van der Waals surface area contributed by atoms with Crippen LogP contribution in [0, 0.1) is 11.7 Å². The molecule has 30 heavy (non-hydrogen) atoms. The smallest absolute Gasteiger partial charge is 0.131 e. The lowest BCUT2D eigenvalue weighted by Crippen LogP contribution is -2.31. The number of rotatable bonds is 6. The number of aromatic nitrogens is 3. The summed E-state index contributed by atoms with van der Waals surface area (Å²) in [5, 5.41) is 0. The second-order valence-electron chi connectivity index (χ2n) is 7.72. The largest absolute Gasteiger partial charge is 0.492 e. The number of imidazole rings is 1. The minimum atomic E-state index is -0.325. The second-order valence-corrected chi connectivity index (χ2v) is 8.19. The van der Waals surface area contributed by atoms with Gasteiger partial charge < -0.3 is 9.30 Å². The third kappa shape index (κ3) is 3.79. The van der Waals surface area contributed by atoms with Crippen molar-refractivity contribution in [3.8, 4) is 28.4 Å². The zero-order valence-electron chi connectivity index (χ0n) is 16.4. The summed E-state index contributed by atoms with van der Waals surface area (Å²) in [7, 11) is 1.91. The second kappa shape index (κ2) is 7.96. The number of aryl methyl sites for hydroxylation is 1. The van der Waals surface area contributed by atoms with Gasteiger partial charge in [0.05, 0.1) is 30.4 Å². The van der Waals surface area contributed by atoms with Gasteiger partial charge in [0.15, 0.2) is 0 Å². The molecule has 7 nitrogen and oxygen atoms in total. The van der Waals surface area contributed by atoms with Crippen LogP contribution in [-0.4, -0.2) is 26.6 Å². The maximum Gasteiger partial charge on any atom is 0.131 e. The Morgan fingerprint density at radius 1 is 1.20 bits per heavy atom. The van der Waals surface area contributed by atoms with Gasteiger partial charge in [-0.1, -0.05) is 0 Å². The van der Waals surface area contributed by atoms with Crippen molar-refractivity contribution in [3.05, 3.63) is 54.2 Å².